The molecule has 4 rings (SSSR count). The molecule has 5 nitrogen and oxygen atoms in total. The first kappa shape index (κ1) is 16.8. The number of aryl methyl sites for hydroxylation is 1. The second-order valence-electron chi connectivity index (χ2n) is 7.26. The number of ether oxygens (including phenoxy) is 1. The van der Waals surface area contributed by atoms with Crippen LogP contribution in [-0.2, 0) is 11.2 Å². The number of aliphatic hydroxyl groups excluding tert-OH is 1. The van der Waals surface area contributed by atoms with Gasteiger partial charge in [0, 0.05) is 24.6 Å². The van der Waals surface area contributed by atoms with Gasteiger partial charge in [-0.1, -0.05) is 29.4 Å². The molecule has 0 radical (unpaired) electrons. The van der Waals surface area contributed by atoms with E-state index in [-0.39, 0.29) is 6.10 Å². The van der Waals surface area contributed by atoms with Crippen molar-refractivity contribution in [1.82, 2.24) is 10.5 Å². The van der Waals surface area contributed by atoms with E-state index in [0.29, 0.717) is 25.1 Å². The molecule has 1 aromatic heterocycles. The number of fused-ring (bicyclic) bond motifs is 1. The fourth-order valence-corrected chi connectivity index (χ4v) is 3.93. The topological polar surface area (TPSA) is 67.5 Å². The molecule has 0 aliphatic heterocycles. The van der Waals surface area contributed by atoms with Crippen LogP contribution in [0, 0.1) is 0 Å². The Kier molecular flexibility index (Phi) is 5.15. The number of nitrogens with one attached hydrogen (secondary N) is 1. The second-order valence-corrected chi connectivity index (χ2v) is 7.26. The standard InChI is InChI=1S/C20H26N2O3/c23-17(12-21-16-10-15(11-16)19-8-9-25-22-19)13-24-20-7-3-5-14-4-1-2-6-18(14)20/h1-2,4,6,8-9,15-17,20-21,23H,3,5,7,10-13H2. The van der Waals surface area contributed by atoms with E-state index in [4.69, 9.17) is 9.26 Å². The van der Waals surface area contributed by atoms with Gasteiger partial charge in [0.25, 0.3) is 0 Å². The van der Waals surface area contributed by atoms with E-state index in [9.17, 15) is 5.11 Å². The SMILES string of the molecule is OC(CNC1CC(c2ccon2)C1)COC1CCCc2ccccc21. The fraction of sp³-hybridized carbons (Fsp3) is 0.550. The summed E-state index contributed by atoms with van der Waals surface area (Å²) >= 11 is 0. The summed E-state index contributed by atoms with van der Waals surface area (Å²) in [6.45, 7) is 0.954. The Hall–Kier alpha value is -1.69. The molecule has 2 aliphatic carbocycles. The minimum Gasteiger partial charge on any atom is -0.389 e. The summed E-state index contributed by atoms with van der Waals surface area (Å²) < 4.78 is 10.9. The van der Waals surface area contributed by atoms with Gasteiger partial charge in [-0.05, 0) is 43.2 Å². The highest BCUT2D eigenvalue weighted by molar-refractivity contribution is 5.31. The van der Waals surface area contributed by atoms with Gasteiger partial charge >= 0.3 is 0 Å². The molecular weight excluding hydrogens is 316 g/mol. The molecule has 2 aliphatic rings. The number of hydrogen-bond acceptors (Lipinski definition) is 5. The van der Waals surface area contributed by atoms with Gasteiger partial charge in [-0.25, -0.2) is 0 Å². The van der Waals surface area contributed by atoms with Crippen LogP contribution in [0.5, 0.6) is 0 Å². The van der Waals surface area contributed by atoms with E-state index in [2.05, 4.69) is 34.7 Å². The third-order valence-electron chi connectivity index (χ3n) is 5.46. The molecule has 0 bridgehead atoms. The maximum Gasteiger partial charge on any atom is 0.124 e. The van der Waals surface area contributed by atoms with Crippen LogP contribution in [0.1, 0.15) is 54.5 Å². The van der Waals surface area contributed by atoms with Crippen molar-refractivity contribution in [2.75, 3.05) is 13.2 Å². The Labute approximate surface area is 148 Å². The summed E-state index contributed by atoms with van der Waals surface area (Å²) in [5.74, 6) is 0.489. The minimum atomic E-state index is -0.472. The van der Waals surface area contributed by atoms with Crippen molar-refractivity contribution in [3.05, 3.63) is 53.4 Å². The smallest absolute Gasteiger partial charge is 0.124 e. The summed E-state index contributed by atoms with van der Waals surface area (Å²) in [6.07, 6.45) is 6.71. The number of aromatic nitrogens is 1. The van der Waals surface area contributed by atoms with Crippen LogP contribution in [-0.4, -0.2) is 35.6 Å². The predicted molar refractivity (Wildman–Crippen MR) is 94.3 cm³/mol. The third-order valence-corrected chi connectivity index (χ3v) is 5.46. The lowest BCUT2D eigenvalue weighted by atomic mass is 9.78. The van der Waals surface area contributed by atoms with Crippen molar-refractivity contribution in [1.29, 1.82) is 0 Å². The number of rotatable bonds is 7. The highest BCUT2D eigenvalue weighted by atomic mass is 16.5. The van der Waals surface area contributed by atoms with Crippen molar-refractivity contribution < 1.29 is 14.4 Å². The molecule has 0 spiro atoms. The van der Waals surface area contributed by atoms with Crippen LogP contribution in [0.3, 0.4) is 0 Å². The monoisotopic (exact) mass is 342 g/mol. The van der Waals surface area contributed by atoms with Gasteiger partial charge < -0.3 is 19.7 Å². The highest BCUT2D eigenvalue weighted by Gasteiger charge is 2.32. The first-order chi connectivity index (χ1) is 12.3. The van der Waals surface area contributed by atoms with Crippen LogP contribution >= 0.6 is 0 Å². The third kappa shape index (κ3) is 3.94. The maximum atomic E-state index is 10.2. The molecular formula is C20H26N2O3. The van der Waals surface area contributed by atoms with Gasteiger partial charge in [0.15, 0.2) is 0 Å². The van der Waals surface area contributed by atoms with E-state index in [1.165, 1.54) is 11.1 Å². The fourth-order valence-electron chi connectivity index (χ4n) is 3.93. The van der Waals surface area contributed by atoms with E-state index in [0.717, 1.165) is 37.8 Å². The zero-order chi connectivity index (χ0) is 17.1. The van der Waals surface area contributed by atoms with E-state index < -0.39 is 6.10 Å². The molecule has 1 aromatic carbocycles. The molecule has 2 N–H and O–H groups in total. The molecule has 2 atom stereocenters. The van der Waals surface area contributed by atoms with Crippen LogP contribution in [0.25, 0.3) is 0 Å². The van der Waals surface area contributed by atoms with Gasteiger partial charge in [-0.2, -0.15) is 0 Å². The number of nitrogens with zero attached hydrogens (tertiary/aromatic N) is 1. The summed E-state index contributed by atoms with van der Waals surface area (Å²) in [7, 11) is 0. The Morgan fingerprint density at radius 2 is 2.16 bits per heavy atom. The Balaban J connectivity index is 1.17. The first-order valence-corrected chi connectivity index (χ1v) is 9.30. The molecule has 0 saturated heterocycles. The van der Waals surface area contributed by atoms with Crippen LogP contribution in [0.4, 0.5) is 0 Å². The number of aliphatic hydroxyl groups is 1. The van der Waals surface area contributed by atoms with Crippen molar-refractivity contribution in [3.8, 4) is 0 Å². The quantitative estimate of drug-likeness (QED) is 0.810. The minimum absolute atomic E-state index is 0.125. The molecule has 2 aromatic rings. The average molecular weight is 342 g/mol. The number of benzene rings is 1. The lowest BCUT2D eigenvalue weighted by Crippen LogP contribution is -2.44. The van der Waals surface area contributed by atoms with E-state index >= 15 is 0 Å². The highest BCUT2D eigenvalue weighted by Crippen LogP contribution is 2.36. The Morgan fingerprint density at radius 3 is 3.00 bits per heavy atom. The van der Waals surface area contributed by atoms with Crippen LogP contribution < -0.4 is 5.32 Å². The summed E-state index contributed by atoms with van der Waals surface area (Å²) in [6, 6.07) is 10.9. The van der Waals surface area contributed by atoms with Crippen molar-refractivity contribution >= 4 is 0 Å². The molecule has 5 heteroatoms. The maximum absolute atomic E-state index is 10.2. The summed E-state index contributed by atoms with van der Waals surface area (Å²) in [4.78, 5) is 0. The summed E-state index contributed by atoms with van der Waals surface area (Å²) in [5, 5.41) is 17.7. The zero-order valence-electron chi connectivity index (χ0n) is 14.4. The first-order valence-electron chi connectivity index (χ1n) is 9.30. The van der Waals surface area contributed by atoms with Crippen LogP contribution in [0.15, 0.2) is 41.1 Å². The predicted octanol–water partition coefficient (Wildman–Crippen LogP) is 2.97. The average Bonchev–Trinajstić information content (AvgIpc) is 3.12. The van der Waals surface area contributed by atoms with Gasteiger partial charge in [-0.15, -0.1) is 0 Å². The molecule has 0 amide bonds. The normalized spacial score (nSPS) is 26.7. The molecule has 134 valence electrons. The van der Waals surface area contributed by atoms with Gasteiger partial charge in [0.05, 0.1) is 24.5 Å². The van der Waals surface area contributed by atoms with Gasteiger partial charge in [-0.3, -0.25) is 0 Å². The molecule has 2 unspecified atom stereocenters. The molecule has 1 heterocycles. The Morgan fingerprint density at radius 1 is 1.28 bits per heavy atom. The van der Waals surface area contributed by atoms with E-state index in [1.807, 2.05) is 6.07 Å². The van der Waals surface area contributed by atoms with Gasteiger partial charge in [0.2, 0.25) is 0 Å². The van der Waals surface area contributed by atoms with Crippen molar-refractivity contribution in [3.63, 3.8) is 0 Å². The molecule has 1 fully saturated rings. The van der Waals surface area contributed by atoms with Crippen molar-refractivity contribution in [2.45, 2.75) is 56.3 Å². The largest absolute Gasteiger partial charge is 0.389 e. The molecule has 1 saturated carbocycles. The Bertz CT molecular complexity index is 667. The lowest BCUT2D eigenvalue weighted by Gasteiger charge is -2.35. The molecule has 25 heavy (non-hydrogen) atoms. The second kappa shape index (κ2) is 7.68. The summed E-state index contributed by atoms with van der Waals surface area (Å²) in [5.41, 5.74) is 3.72. The van der Waals surface area contributed by atoms with Crippen LogP contribution in [0.2, 0.25) is 0 Å². The zero-order valence-corrected chi connectivity index (χ0v) is 14.4. The van der Waals surface area contributed by atoms with Crippen molar-refractivity contribution in [2.24, 2.45) is 0 Å². The van der Waals surface area contributed by atoms with Gasteiger partial charge in [0.1, 0.15) is 6.26 Å². The number of hydrogen-bond donors (Lipinski definition) is 2. The lowest BCUT2D eigenvalue weighted by molar-refractivity contribution is -0.0183. The van der Waals surface area contributed by atoms with E-state index in [1.54, 1.807) is 6.26 Å².